The van der Waals surface area contributed by atoms with Crippen LogP contribution in [-0.2, 0) is 5.88 Å². The fourth-order valence-corrected chi connectivity index (χ4v) is 2.67. The second-order valence-corrected chi connectivity index (χ2v) is 5.53. The molecule has 1 aromatic heterocycles. The van der Waals surface area contributed by atoms with Gasteiger partial charge in [0.25, 0.3) is 0 Å². The first-order valence-electron chi connectivity index (χ1n) is 5.89. The molecule has 0 amide bonds. The van der Waals surface area contributed by atoms with Crippen molar-refractivity contribution in [2.45, 2.75) is 5.88 Å². The van der Waals surface area contributed by atoms with Gasteiger partial charge in [-0.15, -0.1) is 11.6 Å². The summed E-state index contributed by atoms with van der Waals surface area (Å²) < 4.78 is 42.7. The molecule has 108 valence electrons. The standard InChI is InChI=1S/C14H7BrClF3N2/c15-7-1-2-11-13(3-7)21(14(6-16)20-11)12-5-9(18)8(17)4-10(12)19/h1-5H,6H2. The van der Waals surface area contributed by atoms with E-state index in [0.717, 1.165) is 10.5 Å². The molecule has 0 radical (unpaired) electrons. The summed E-state index contributed by atoms with van der Waals surface area (Å²) in [6, 6.07) is 6.51. The normalized spacial score (nSPS) is 11.3. The van der Waals surface area contributed by atoms with E-state index in [9.17, 15) is 13.2 Å². The molecule has 0 N–H and O–H groups in total. The van der Waals surface area contributed by atoms with Crippen LogP contribution >= 0.6 is 27.5 Å². The van der Waals surface area contributed by atoms with Gasteiger partial charge in [0.05, 0.1) is 22.6 Å². The maximum Gasteiger partial charge on any atom is 0.161 e. The van der Waals surface area contributed by atoms with E-state index in [-0.39, 0.29) is 11.6 Å². The second kappa shape index (κ2) is 5.35. The van der Waals surface area contributed by atoms with Crippen molar-refractivity contribution >= 4 is 38.6 Å². The van der Waals surface area contributed by atoms with E-state index in [4.69, 9.17) is 11.6 Å². The largest absolute Gasteiger partial charge is 0.292 e. The number of hydrogen-bond acceptors (Lipinski definition) is 1. The number of nitrogens with zero attached hydrogens (tertiary/aromatic N) is 2. The van der Waals surface area contributed by atoms with Crippen LogP contribution in [0.3, 0.4) is 0 Å². The Morgan fingerprint density at radius 1 is 1.05 bits per heavy atom. The van der Waals surface area contributed by atoms with E-state index in [0.29, 0.717) is 22.9 Å². The van der Waals surface area contributed by atoms with Gasteiger partial charge in [0.15, 0.2) is 11.6 Å². The van der Waals surface area contributed by atoms with Crippen LogP contribution in [0.2, 0.25) is 0 Å². The summed E-state index contributed by atoms with van der Waals surface area (Å²) in [7, 11) is 0. The van der Waals surface area contributed by atoms with Crippen LogP contribution in [0.25, 0.3) is 16.7 Å². The maximum atomic E-state index is 14.0. The molecule has 0 saturated heterocycles. The zero-order valence-corrected chi connectivity index (χ0v) is 12.7. The Kier molecular flexibility index (Phi) is 3.67. The molecule has 0 atom stereocenters. The molecule has 7 heteroatoms. The van der Waals surface area contributed by atoms with Gasteiger partial charge in [0.1, 0.15) is 11.6 Å². The number of hydrogen-bond donors (Lipinski definition) is 0. The third-order valence-electron chi connectivity index (χ3n) is 3.04. The molecule has 3 rings (SSSR count). The molecule has 0 aliphatic rings. The summed E-state index contributed by atoms with van der Waals surface area (Å²) in [6.45, 7) is 0. The number of imidazole rings is 1. The highest BCUT2D eigenvalue weighted by Crippen LogP contribution is 2.28. The molecular weight excluding hydrogens is 369 g/mol. The minimum atomic E-state index is -1.24. The van der Waals surface area contributed by atoms with E-state index in [1.54, 1.807) is 18.2 Å². The Labute approximate surface area is 131 Å². The SMILES string of the molecule is Fc1cc(F)c(-n2c(CCl)nc3ccc(Br)cc32)cc1F. The summed E-state index contributed by atoms with van der Waals surface area (Å²) in [5, 5.41) is 0. The smallest absolute Gasteiger partial charge is 0.161 e. The van der Waals surface area contributed by atoms with Crippen molar-refractivity contribution in [2.75, 3.05) is 0 Å². The van der Waals surface area contributed by atoms with Crippen LogP contribution in [0, 0.1) is 17.5 Å². The number of rotatable bonds is 2. The molecule has 0 fully saturated rings. The molecule has 0 spiro atoms. The molecule has 2 aromatic carbocycles. The highest BCUT2D eigenvalue weighted by Gasteiger charge is 2.18. The Bertz CT molecular complexity index is 848. The van der Waals surface area contributed by atoms with E-state index < -0.39 is 17.5 Å². The molecule has 21 heavy (non-hydrogen) atoms. The van der Waals surface area contributed by atoms with Gasteiger partial charge in [0.2, 0.25) is 0 Å². The summed E-state index contributed by atoms with van der Waals surface area (Å²) >= 11 is 9.14. The Hall–Kier alpha value is -1.53. The van der Waals surface area contributed by atoms with Gasteiger partial charge in [-0.2, -0.15) is 0 Å². The minimum absolute atomic E-state index is 0.00470. The van der Waals surface area contributed by atoms with Gasteiger partial charge in [-0.05, 0) is 18.2 Å². The molecule has 0 aliphatic carbocycles. The van der Waals surface area contributed by atoms with Crippen molar-refractivity contribution < 1.29 is 13.2 Å². The lowest BCUT2D eigenvalue weighted by atomic mass is 10.2. The van der Waals surface area contributed by atoms with Gasteiger partial charge in [0, 0.05) is 16.6 Å². The summed E-state index contributed by atoms with van der Waals surface area (Å²) in [5.74, 6) is -2.92. The average Bonchev–Trinajstić information content (AvgIpc) is 2.80. The number of alkyl halides is 1. The zero-order valence-electron chi connectivity index (χ0n) is 10.4. The highest BCUT2D eigenvalue weighted by atomic mass is 79.9. The first-order chi connectivity index (χ1) is 10.0. The second-order valence-electron chi connectivity index (χ2n) is 4.35. The highest BCUT2D eigenvalue weighted by molar-refractivity contribution is 9.10. The molecule has 3 aromatic rings. The lowest BCUT2D eigenvalue weighted by Crippen LogP contribution is -2.04. The van der Waals surface area contributed by atoms with Crippen LogP contribution in [0.5, 0.6) is 0 Å². The number of aromatic nitrogens is 2. The van der Waals surface area contributed by atoms with E-state index in [1.165, 1.54) is 4.57 Å². The molecule has 2 nitrogen and oxygen atoms in total. The van der Waals surface area contributed by atoms with E-state index >= 15 is 0 Å². The van der Waals surface area contributed by atoms with Gasteiger partial charge < -0.3 is 0 Å². The third-order valence-corrected chi connectivity index (χ3v) is 3.77. The van der Waals surface area contributed by atoms with Gasteiger partial charge in [-0.1, -0.05) is 15.9 Å². The Morgan fingerprint density at radius 2 is 1.76 bits per heavy atom. The fraction of sp³-hybridized carbons (Fsp3) is 0.0714. The van der Waals surface area contributed by atoms with E-state index in [2.05, 4.69) is 20.9 Å². The third kappa shape index (κ3) is 2.42. The zero-order chi connectivity index (χ0) is 15.1. The quantitative estimate of drug-likeness (QED) is 0.458. The monoisotopic (exact) mass is 374 g/mol. The van der Waals surface area contributed by atoms with Crippen LogP contribution in [0.15, 0.2) is 34.8 Å². The summed E-state index contributed by atoms with van der Waals surface area (Å²) in [4.78, 5) is 4.27. The van der Waals surface area contributed by atoms with Gasteiger partial charge in [-0.25, -0.2) is 18.2 Å². The van der Waals surface area contributed by atoms with Crippen molar-refractivity contribution in [3.63, 3.8) is 0 Å². The topological polar surface area (TPSA) is 17.8 Å². The van der Waals surface area contributed by atoms with Crippen molar-refractivity contribution in [3.8, 4) is 5.69 Å². The molecule has 0 saturated carbocycles. The maximum absolute atomic E-state index is 14.0. The minimum Gasteiger partial charge on any atom is -0.292 e. The lowest BCUT2D eigenvalue weighted by Gasteiger charge is -2.10. The Morgan fingerprint density at radius 3 is 2.48 bits per heavy atom. The van der Waals surface area contributed by atoms with Gasteiger partial charge >= 0.3 is 0 Å². The molecular formula is C14H7BrClF3N2. The predicted molar refractivity (Wildman–Crippen MR) is 78.2 cm³/mol. The molecule has 0 unspecified atom stereocenters. The number of benzene rings is 2. The molecule has 0 bridgehead atoms. The number of halogens is 5. The average molecular weight is 376 g/mol. The lowest BCUT2D eigenvalue weighted by molar-refractivity contribution is 0.493. The Balaban J connectivity index is 2.38. The van der Waals surface area contributed by atoms with Crippen LogP contribution < -0.4 is 0 Å². The predicted octanol–water partition coefficient (Wildman–Crippen LogP) is 4.94. The first-order valence-corrected chi connectivity index (χ1v) is 7.22. The fourth-order valence-electron chi connectivity index (χ4n) is 2.14. The van der Waals surface area contributed by atoms with Crippen molar-refractivity contribution in [1.29, 1.82) is 0 Å². The summed E-state index contributed by atoms with van der Waals surface area (Å²) in [6.07, 6.45) is 0. The van der Waals surface area contributed by atoms with Crippen molar-refractivity contribution in [2.24, 2.45) is 0 Å². The summed E-state index contributed by atoms with van der Waals surface area (Å²) in [5.41, 5.74) is 0.994. The van der Waals surface area contributed by atoms with Crippen LogP contribution in [-0.4, -0.2) is 9.55 Å². The number of fused-ring (bicyclic) bond motifs is 1. The van der Waals surface area contributed by atoms with Crippen molar-refractivity contribution in [1.82, 2.24) is 9.55 Å². The van der Waals surface area contributed by atoms with Crippen LogP contribution in [0.4, 0.5) is 13.2 Å². The van der Waals surface area contributed by atoms with Crippen molar-refractivity contribution in [3.05, 3.63) is 58.1 Å². The molecule has 0 aliphatic heterocycles. The van der Waals surface area contributed by atoms with E-state index in [1.807, 2.05) is 0 Å². The first kappa shape index (κ1) is 14.4. The molecule has 1 heterocycles. The van der Waals surface area contributed by atoms with Gasteiger partial charge in [-0.3, -0.25) is 4.57 Å². The van der Waals surface area contributed by atoms with Crippen LogP contribution in [0.1, 0.15) is 5.82 Å².